The van der Waals surface area contributed by atoms with E-state index in [0.717, 1.165) is 24.3 Å². The molecule has 0 radical (unpaired) electrons. The first kappa shape index (κ1) is 29.2. The van der Waals surface area contributed by atoms with Gasteiger partial charge in [-0.25, -0.2) is 0 Å². The van der Waals surface area contributed by atoms with Gasteiger partial charge in [-0.1, -0.05) is 102 Å². The number of ether oxygens (including phenoxy) is 3. The minimum absolute atomic E-state index is 0.559. The molecule has 0 aromatic heterocycles. The quantitative estimate of drug-likeness (QED) is 0.157. The van der Waals surface area contributed by atoms with E-state index in [-0.39, 0.29) is 0 Å². The van der Waals surface area contributed by atoms with Crippen molar-refractivity contribution >= 4 is 0 Å². The summed E-state index contributed by atoms with van der Waals surface area (Å²) in [6, 6.07) is 17.1. The fraction of sp³-hybridized carbons (Fsp3) is 0.625. The Morgan fingerprint density at radius 2 is 0.800 bits per heavy atom. The molecule has 0 heterocycles. The van der Waals surface area contributed by atoms with E-state index < -0.39 is 0 Å². The average molecular weight is 483 g/mol. The molecule has 35 heavy (non-hydrogen) atoms. The van der Waals surface area contributed by atoms with Gasteiger partial charge < -0.3 is 14.2 Å². The summed E-state index contributed by atoms with van der Waals surface area (Å²) >= 11 is 0. The summed E-state index contributed by atoms with van der Waals surface area (Å²) in [5, 5.41) is 0. The summed E-state index contributed by atoms with van der Waals surface area (Å²) in [7, 11) is 0. The smallest absolute Gasteiger partial charge is 0.119 e. The third-order valence-electron chi connectivity index (χ3n) is 6.48. The lowest BCUT2D eigenvalue weighted by Gasteiger charge is -2.10. The molecular formula is C32H50O3. The monoisotopic (exact) mass is 482 g/mol. The van der Waals surface area contributed by atoms with Crippen LogP contribution in [-0.2, 0) is 17.6 Å². The number of rotatable bonds is 22. The van der Waals surface area contributed by atoms with Gasteiger partial charge in [-0.2, -0.15) is 0 Å². The molecule has 0 saturated heterocycles. The van der Waals surface area contributed by atoms with Crippen molar-refractivity contribution in [1.29, 1.82) is 0 Å². The molecule has 2 aromatic carbocycles. The first-order chi connectivity index (χ1) is 17.3. The van der Waals surface area contributed by atoms with E-state index >= 15 is 0 Å². The Morgan fingerprint density at radius 1 is 0.429 bits per heavy atom. The highest BCUT2D eigenvalue weighted by molar-refractivity contribution is 5.28. The van der Waals surface area contributed by atoms with Crippen LogP contribution in [0.2, 0.25) is 0 Å². The van der Waals surface area contributed by atoms with Crippen LogP contribution in [0.25, 0.3) is 0 Å². The maximum atomic E-state index is 5.80. The van der Waals surface area contributed by atoms with E-state index in [2.05, 4.69) is 62.4 Å². The highest BCUT2D eigenvalue weighted by atomic mass is 16.5. The zero-order chi connectivity index (χ0) is 24.8. The Balaban J connectivity index is 1.45. The van der Waals surface area contributed by atoms with Crippen molar-refractivity contribution in [3.05, 3.63) is 59.7 Å². The Kier molecular flexibility index (Phi) is 16.9. The summed E-state index contributed by atoms with van der Waals surface area (Å²) < 4.78 is 17.3. The minimum atomic E-state index is 0.559. The van der Waals surface area contributed by atoms with Crippen molar-refractivity contribution in [3.8, 4) is 11.5 Å². The average Bonchev–Trinajstić information content (AvgIpc) is 2.89. The van der Waals surface area contributed by atoms with Gasteiger partial charge in [0.25, 0.3) is 0 Å². The SMILES string of the molecule is CCCCCCCCc1ccc(OCCOCCOc2ccc(CCCCCCCC)cc2)cc1. The van der Waals surface area contributed by atoms with Gasteiger partial charge in [0, 0.05) is 0 Å². The summed E-state index contributed by atoms with van der Waals surface area (Å²) in [5.41, 5.74) is 2.80. The molecule has 0 bridgehead atoms. The Bertz CT molecular complexity index is 660. The maximum absolute atomic E-state index is 5.80. The summed E-state index contributed by atoms with van der Waals surface area (Å²) in [6.45, 7) is 6.79. The molecular weight excluding hydrogens is 432 g/mol. The van der Waals surface area contributed by atoms with E-state index in [1.807, 2.05) is 0 Å². The molecule has 0 saturated carbocycles. The molecule has 0 unspecified atom stereocenters. The van der Waals surface area contributed by atoms with Crippen molar-refractivity contribution in [1.82, 2.24) is 0 Å². The summed E-state index contributed by atoms with van der Waals surface area (Å²) in [6.07, 6.45) is 18.4. The van der Waals surface area contributed by atoms with Crippen LogP contribution in [0.3, 0.4) is 0 Å². The molecule has 196 valence electrons. The first-order valence-electron chi connectivity index (χ1n) is 14.3. The van der Waals surface area contributed by atoms with Crippen LogP contribution >= 0.6 is 0 Å². The van der Waals surface area contributed by atoms with Crippen molar-refractivity contribution < 1.29 is 14.2 Å². The van der Waals surface area contributed by atoms with Crippen LogP contribution in [0, 0.1) is 0 Å². The van der Waals surface area contributed by atoms with Gasteiger partial charge in [0.1, 0.15) is 24.7 Å². The van der Waals surface area contributed by atoms with Crippen molar-refractivity contribution in [3.63, 3.8) is 0 Å². The number of hydrogen-bond acceptors (Lipinski definition) is 3. The normalized spacial score (nSPS) is 11.0. The predicted molar refractivity (Wildman–Crippen MR) is 149 cm³/mol. The number of hydrogen-bond donors (Lipinski definition) is 0. The minimum Gasteiger partial charge on any atom is -0.491 e. The lowest BCUT2D eigenvalue weighted by Crippen LogP contribution is -2.12. The van der Waals surface area contributed by atoms with E-state index in [1.165, 1.54) is 88.2 Å². The van der Waals surface area contributed by atoms with Crippen LogP contribution in [0.4, 0.5) is 0 Å². The van der Waals surface area contributed by atoms with Crippen LogP contribution < -0.4 is 9.47 Å². The molecule has 0 spiro atoms. The second-order valence-corrected chi connectivity index (χ2v) is 9.63. The van der Waals surface area contributed by atoms with E-state index in [1.54, 1.807) is 0 Å². The van der Waals surface area contributed by atoms with E-state index in [4.69, 9.17) is 14.2 Å². The van der Waals surface area contributed by atoms with Crippen LogP contribution in [-0.4, -0.2) is 26.4 Å². The lowest BCUT2D eigenvalue weighted by molar-refractivity contribution is 0.0764. The second kappa shape index (κ2) is 20.2. The molecule has 0 atom stereocenters. The lowest BCUT2D eigenvalue weighted by atomic mass is 10.0. The molecule has 0 aliphatic carbocycles. The highest BCUT2D eigenvalue weighted by Gasteiger charge is 1.99. The topological polar surface area (TPSA) is 27.7 Å². The molecule has 0 aliphatic heterocycles. The van der Waals surface area contributed by atoms with Crippen LogP contribution in [0.5, 0.6) is 11.5 Å². The van der Waals surface area contributed by atoms with Crippen molar-refractivity contribution in [2.75, 3.05) is 26.4 Å². The van der Waals surface area contributed by atoms with Gasteiger partial charge in [0.15, 0.2) is 0 Å². The van der Waals surface area contributed by atoms with Crippen LogP contribution in [0.1, 0.15) is 102 Å². The Hall–Kier alpha value is -2.00. The predicted octanol–water partition coefficient (Wildman–Crippen LogP) is 8.97. The van der Waals surface area contributed by atoms with Gasteiger partial charge >= 0.3 is 0 Å². The van der Waals surface area contributed by atoms with E-state index in [9.17, 15) is 0 Å². The third kappa shape index (κ3) is 14.9. The number of unbranched alkanes of at least 4 members (excludes halogenated alkanes) is 10. The van der Waals surface area contributed by atoms with Gasteiger partial charge in [-0.15, -0.1) is 0 Å². The third-order valence-corrected chi connectivity index (χ3v) is 6.48. The maximum Gasteiger partial charge on any atom is 0.119 e. The fourth-order valence-corrected chi connectivity index (χ4v) is 4.26. The van der Waals surface area contributed by atoms with Crippen LogP contribution in [0.15, 0.2) is 48.5 Å². The van der Waals surface area contributed by atoms with Gasteiger partial charge in [0.05, 0.1) is 13.2 Å². The van der Waals surface area contributed by atoms with Gasteiger partial charge in [-0.05, 0) is 61.1 Å². The standard InChI is InChI=1S/C32H50O3/c1-3-5-7-9-11-13-15-29-17-21-31(22-18-29)34-27-25-33-26-28-35-32-23-19-30(20-24-32)16-14-12-10-8-6-4-2/h17-24H,3-16,25-28H2,1-2H3. The fourth-order valence-electron chi connectivity index (χ4n) is 4.26. The Labute approximate surface area is 215 Å². The van der Waals surface area contributed by atoms with Crippen molar-refractivity contribution in [2.24, 2.45) is 0 Å². The second-order valence-electron chi connectivity index (χ2n) is 9.63. The highest BCUT2D eigenvalue weighted by Crippen LogP contribution is 2.16. The molecule has 2 aromatic rings. The molecule has 0 amide bonds. The van der Waals surface area contributed by atoms with Crippen molar-refractivity contribution in [2.45, 2.75) is 104 Å². The molecule has 0 fully saturated rings. The number of aryl methyl sites for hydroxylation is 2. The molecule has 0 aliphatic rings. The first-order valence-corrected chi connectivity index (χ1v) is 14.3. The summed E-state index contributed by atoms with van der Waals surface area (Å²) in [5.74, 6) is 1.83. The molecule has 3 heteroatoms. The summed E-state index contributed by atoms with van der Waals surface area (Å²) in [4.78, 5) is 0. The van der Waals surface area contributed by atoms with E-state index in [0.29, 0.717) is 26.4 Å². The van der Waals surface area contributed by atoms with Gasteiger partial charge in [0.2, 0.25) is 0 Å². The molecule has 0 N–H and O–H groups in total. The largest absolute Gasteiger partial charge is 0.491 e. The molecule has 2 rings (SSSR count). The van der Waals surface area contributed by atoms with Gasteiger partial charge in [-0.3, -0.25) is 0 Å². The Morgan fingerprint density at radius 3 is 1.20 bits per heavy atom. The zero-order valence-corrected chi connectivity index (χ0v) is 22.6. The molecule has 3 nitrogen and oxygen atoms in total. The zero-order valence-electron chi connectivity index (χ0n) is 22.6. The number of benzene rings is 2.